The zero-order valence-corrected chi connectivity index (χ0v) is 8.99. The largest absolute Gasteiger partial charge is 0.364 e. The van der Waals surface area contributed by atoms with Crippen molar-refractivity contribution in [3.05, 3.63) is 42.2 Å². The minimum atomic E-state index is -0.366. The molecule has 0 atom stereocenters. The van der Waals surface area contributed by atoms with Crippen LogP contribution in [0.1, 0.15) is 18.4 Å². The average molecular weight is 216 g/mol. The van der Waals surface area contributed by atoms with Crippen molar-refractivity contribution in [2.75, 3.05) is 11.4 Å². The standard InChI is InChI=1S/C13H13FN2/c1-2-7-16(12-4-5-12)13-6-3-11(14)8-10(13)9-15/h2-3,6,8,12H,1,4-5,7H2. The molecule has 1 saturated carbocycles. The third-order valence-corrected chi connectivity index (χ3v) is 2.70. The molecule has 0 spiro atoms. The molecule has 0 saturated heterocycles. The zero-order chi connectivity index (χ0) is 11.5. The number of hydrogen-bond acceptors (Lipinski definition) is 2. The van der Waals surface area contributed by atoms with E-state index in [4.69, 9.17) is 5.26 Å². The summed E-state index contributed by atoms with van der Waals surface area (Å²) in [4.78, 5) is 2.12. The number of nitriles is 1. The van der Waals surface area contributed by atoms with Gasteiger partial charge in [-0.1, -0.05) is 6.08 Å². The number of hydrogen-bond donors (Lipinski definition) is 0. The fraction of sp³-hybridized carbons (Fsp3) is 0.308. The van der Waals surface area contributed by atoms with Gasteiger partial charge in [-0.05, 0) is 31.0 Å². The third kappa shape index (κ3) is 2.06. The quantitative estimate of drug-likeness (QED) is 0.723. The molecule has 1 aliphatic rings. The Kier molecular flexibility index (Phi) is 2.91. The van der Waals surface area contributed by atoms with E-state index in [9.17, 15) is 4.39 Å². The summed E-state index contributed by atoms with van der Waals surface area (Å²) < 4.78 is 13.0. The molecule has 1 aromatic carbocycles. The molecule has 0 heterocycles. The van der Waals surface area contributed by atoms with E-state index >= 15 is 0 Å². The monoisotopic (exact) mass is 216 g/mol. The molecule has 3 heteroatoms. The van der Waals surface area contributed by atoms with E-state index in [1.807, 2.05) is 12.1 Å². The van der Waals surface area contributed by atoms with Crippen LogP contribution in [-0.2, 0) is 0 Å². The van der Waals surface area contributed by atoms with Gasteiger partial charge in [0.15, 0.2) is 0 Å². The smallest absolute Gasteiger partial charge is 0.124 e. The van der Waals surface area contributed by atoms with Gasteiger partial charge in [0.1, 0.15) is 11.9 Å². The first-order valence-corrected chi connectivity index (χ1v) is 5.33. The zero-order valence-electron chi connectivity index (χ0n) is 8.99. The van der Waals surface area contributed by atoms with Crippen molar-refractivity contribution in [3.8, 4) is 6.07 Å². The highest BCUT2D eigenvalue weighted by atomic mass is 19.1. The van der Waals surface area contributed by atoms with Gasteiger partial charge < -0.3 is 4.90 Å². The Labute approximate surface area is 94.6 Å². The lowest BCUT2D eigenvalue weighted by Gasteiger charge is -2.24. The third-order valence-electron chi connectivity index (χ3n) is 2.70. The Bertz CT molecular complexity index is 444. The fourth-order valence-corrected chi connectivity index (χ4v) is 1.82. The van der Waals surface area contributed by atoms with Crippen LogP contribution in [0.3, 0.4) is 0 Å². The summed E-state index contributed by atoms with van der Waals surface area (Å²) in [7, 11) is 0. The number of anilines is 1. The molecule has 0 amide bonds. The Balaban J connectivity index is 2.36. The molecule has 1 aliphatic carbocycles. The van der Waals surface area contributed by atoms with Gasteiger partial charge in [0.2, 0.25) is 0 Å². The molecular formula is C13H13FN2. The number of rotatable bonds is 4. The maximum Gasteiger partial charge on any atom is 0.124 e. The first-order chi connectivity index (χ1) is 7.76. The van der Waals surface area contributed by atoms with Crippen LogP contribution in [0.15, 0.2) is 30.9 Å². The lowest BCUT2D eigenvalue weighted by atomic mass is 10.1. The molecule has 0 aliphatic heterocycles. The molecule has 82 valence electrons. The Morgan fingerprint density at radius 3 is 2.88 bits per heavy atom. The summed E-state index contributed by atoms with van der Waals surface area (Å²) in [6, 6.07) is 6.88. The Morgan fingerprint density at radius 1 is 1.56 bits per heavy atom. The molecule has 16 heavy (non-hydrogen) atoms. The molecule has 0 N–H and O–H groups in total. The van der Waals surface area contributed by atoms with E-state index < -0.39 is 0 Å². The van der Waals surface area contributed by atoms with Gasteiger partial charge in [0.05, 0.1) is 11.3 Å². The molecule has 1 fully saturated rings. The van der Waals surface area contributed by atoms with E-state index in [1.54, 1.807) is 6.07 Å². The van der Waals surface area contributed by atoms with Gasteiger partial charge in [-0.15, -0.1) is 6.58 Å². The van der Waals surface area contributed by atoms with Crippen LogP contribution in [0.4, 0.5) is 10.1 Å². The fourth-order valence-electron chi connectivity index (χ4n) is 1.82. The Hall–Kier alpha value is -1.82. The van der Waals surface area contributed by atoms with Crippen LogP contribution in [0, 0.1) is 17.1 Å². The lowest BCUT2D eigenvalue weighted by molar-refractivity contribution is 0.627. The second-order valence-corrected chi connectivity index (χ2v) is 3.95. The summed E-state index contributed by atoms with van der Waals surface area (Å²) in [5.41, 5.74) is 1.21. The minimum Gasteiger partial charge on any atom is -0.364 e. The van der Waals surface area contributed by atoms with Gasteiger partial charge in [0.25, 0.3) is 0 Å². The number of halogens is 1. The lowest BCUT2D eigenvalue weighted by Crippen LogP contribution is -2.26. The summed E-state index contributed by atoms with van der Waals surface area (Å²) in [6.07, 6.45) is 4.08. The molecule has 0 unspecified atom stereocenters. The summed E-state index contributed by atoms with van der Waals surface area (Å²) in [5.74, 6) is -0.366. The summed E-state index contributed by atoms with van der Waals surface area (Å²) in [6.45, 7) is 4.41. The topological polar surface area (TPSA) is 27.0 Å². The van der Waals surface area contributed by atoms with Crippen molar-refractivity contribution in [2.45, 2.75) is 18.9 Å². The number of benzene rings is 1. The van der Waals surface area contributed by atoms with E-state index in [1.165, 1.54) is 12.1 Å². The molecule has 2 nitrogen and oxygen atoms in total. The molecule has 0 aromatic heterocycles. The van der Waals surface area contributed by atoms with Gasteiger partial charge in [0, 0.05) is 12.6 Å². The van der Waals surface area contributed by atoms with Crippen LogP contribution in [0.2, 0.25) is 0 Å². The van der Waals surface area contributed by atoms with E-state index in [0.29, 0.717) is 18.2 Å². The second kappa shape index (κ2) is 4.36. The van der Waals surface area contributed by atoms with Crippen molar-refractivity contribution in [1.82, 2.24) is 0 Å². The summed E-state index contributed by atoms with van der Waals surface area (Å²) in [5, 5.41) is 8.99. The van der Waals surface area contributed by atoms with Gasteiger partial charge >= 0.3 is 0 Å². The highest BCUT2D eigenvalue weighted by Crippen LogP contribution is 2.33. The van der Waals surface area contributed by atoms with Gasteiger partial charge in [-0.25, -0.2) is 4.39 Å². The van der Waals surface area contributed by atoms with Crippen molar-refractivity contribution >= 4 is 5.69 Å². The maximum atomic E-state index is 13.0. The summed E-state index contributed by atoms with van der Waals surface area (Å²) >= 11 is 0. The van der Waals surface area contributed by atoms with E-state index in [2.05, 4.69) is 11.5 Å². The van der Waals surface area contributed by atoms with Crippen LogP contribution in [-0.4, -0.2) is 12.6 Å². The van der Waals surface area contributed by atoms with Gasteiger partial charge in [-0.2, -0.15) is 5.26 Å². The Morgan fingerprint density at radius 2 is 2.31 bits per heavy atom. The highest BCUT2D eigenvalue weighted by Gasteiger charge is 2.29. The van der Waals surface area contributed by atoms with E-state index in [-0.39, 0.29) is 5.82 Å². The number of nitrogens with zero attached hydrogens (tertiary/aromatic N) is 2. The van der Waals surface area contributed by atoms with Crippen LogP contribution in [0.25, 0.3) is 0 Å². The van der Waals surface area contributed by atoms with Gasteiger partial charge in [-0.3, -0.25) is 0 Å². The second-order valence-electron chi connectivity index (χ2n) is 3.95. The SMILES string of the molecule is C=CCN(c1ccc(F)cc1C#N)C1CC1. The maximum absolute atomic E-state index is 13.0. The van der Waals surface area contributed by atoms with Crippen LogP contribution < -0.4 is 4.90 Å². The predicted octanol–water partition coefficient (Wildman–Crippen LogP) is 2.85. The first-order valence-electron chi connectivity index (χ1n) is 5.33. The van der Waals surface area contributed by atoms with Crippen molar-refractivity contribution in [1.29, 1.82) is 5.26 Å². The van der Waals surface area contributed by atoms with Crippen LogP contribution >= 0.6 is 0 Å². The average Bonchev–Trinajstić information content (AvgIpc) is 3.10. The molecule has 0 bridgehead atoms. The van der Waals surface area contributed by atoms with Crippen molar-refractivity contribution < 1.29 is 4.39 Å². The molecule has 1 aromatic rings. The molecular weight excluding hydrogens is 203 g/mol. The minimum absolute atomic E-state index is 0.366. The van der Waals surface area contributed by atoms with E-state index in [0.717, 1.165) is 18.5 Å². The van der Waals surface area contributed by atoms with Crippen molar-refractivity contribution in [3.63, 3.8) is 0 Å². The normalized spacial score (nSPS) is 14.2. The predicted molar refractivity (Wildman–Crippen MR) is 61.7 cm³/mol. The molecule has 0 radical (unpaired) electrons. The molecule has 2 rings (SSSR count). The van der Waals surface area contributed by atoms with Crippen LogP contribution in [0.5, 0.6) is 0 Å². The first kappa shape index (κ1) is 10.7. The highest BCUT2D eigenvalue weighted by molar-refractivity contribution is 5.61. The van der Waals surface area contributed by atoms with Crippen molar-refractivity contribution in [2.24, 2.45) is 0 Å².